The second-order valence-corrected chi connectivity index (χ2v) is 2.43. The van der Waals surface area contributed by atoms with E-state index in [9.17, 15) is 0 Å². The molecule has 0 aromatic heterocycles. The highest BCUT2D eigenvalue weighted by molar-refractivity contribution is 6.30. The van der Waals surface area contributed by atoms with Crippen molar-refractivity contribution in [2.24, 2.45) is 0 Å². The largest absolute Gasteiger partial charge is 0.274 e. The van der Waals surface area contributed by atoms with Gasteiger partial charge in [-0.3, -0.25) is 9.90 Å². The minimum Gasteiger partial charge on any atom is -0.274 e. The van der Waals surface area contributed by atoms with E-state index in [1.165, 1.54) is 0 Å². The summed E-state index contributed by atoms with van der Waals surface area (Å²) in [6.45, 7) is 3.28. The summed E-state index contributed by atoms with van der Waals surface area (Å²) in [7, 11) is 0. The van der Waals surface area contributed by atoms with E-state index in [1.807, 2.05) is 25.3 Å². The van der Waals surface area contributed by atoms with E-state index in [2.05, 4.69) is 0 Å². The molecule has 0 N–H and O–H groups in total. The predicted octanol–water partition coefficient (Wildman–Crippen LogP) is 1.89. The number of allylic oxidation sites excluding steroid dienone is 2. The zero-order valence-electron chi connectivity index (χ0n) is 5.88. The molecule has 0 aliphatic carbocycles. The fourth-order valence-electron chi connectivity index (χ4n) is 0.752. The van der Waals surface area contributed by atoms with Crippen molar-refractivity contribution in [3.63, 3.8) is 0 Å². The molecule has 0 spiro atoms. The Morgan fingerprint density at radius 1 is 1.80 bits per heavy atom. The highest BCUT2D eigenvalue weighted by atomic mass is 35.5. The average molecular weight is 160 g/mol. The first-order valence-electron chi connectivity index (χ1n) is 3.25. The highest BCUT2D eigenvalue weighted by Gasteiger charge is 2.03. The van der Waals surface area contributed by atoms with Gasteiger partial charge in [0.15, 0.2) is 0 Å². The van der Waals surface area contributed by atoms with E-state index in [0.717, 1.165) is 5.03 Å². The molecule has 0 aromatic carbocycles. The molecule has 0 radical (unpaired) electrons. The molecule has 0 amide bonds. The summed E-state index contributed by atoms with van der Waals surface area (Å²) in [6, 6.07) is 0. The first kappa shape index (κ1) is 7.63. The van der Waals surface area contributed by atoms with Crippen molar-refractivity contribution in [3.05, 3.63) is 23.4 Å². The third-order valence-corrected chi connectivity index (χ3v) is 1.38. The fraction of sp³-hybridized carbons (Fsp3) is 0.429. The number of nitrogens with zero attached hydrogens (tertiary/aromatic N) is 1. The van der Waals surface area contributed by atoms with Crippen molar-refractivity contribution in [1.29, 1.82) is 0 Å². The number of halogens is 1. The first-order chi connectivity index (χ1) is 4.83. The lowest BCUT2D eigenvalue weighted by molar-refractivity contribution is -0.108. The van der Waals surface area contributed by atoms with Crippen LogP contribution >= 0.6 is 11.6 Å². The Balaban J connectivity index is 2.39. The Morgan fingerprint density at radius 3 is 3.20 bits per heavy atom. The number of rotatable bonds is 2. The van der Waals surface area contributed by atoms with Gasteiger partial charge in [-0.25, -0.2) is 0 Å². The topological polar surface area (TPSA) is 12.5 Å². The normalized spacial score (nSPS) is 17.4. The predicted molar refractivity (Wildman–Crippen MR) is 41.4 cm³/mol. The SMILES string of the molecule is CCON1C=CC=C(Cl)C1. The van der Waals surface area contributed by atoms with Crippen LogP contribution in [0.4, 0.5) is 0 Å². The quantitative estimate of drug-likeness (QED) is 0.610. The fourth-order valence-corrected chi connectivity index (χ4v) is 0.943. The molecule has 1 aliphatic heterocycles. The van der Waals surface area contributed by atoms with Gasteiger partial charge in [0.1, 0.15) is 0 Å². The van der Waals surface area contributed by atoms with Gasteiger partial charge < -0.3 is 0 Å². The molecule has 1 rings (SSSR count). The Bertz CT molecular complexity index is 165. The van der Waals surface area contributed by atoms with Gasteiger partial charge in [0.2, 0.25) is 0 Å². The van der Waals surface area contributed by atoms with Gasteiger partial charge in [0, 0.05) is 11.2 Å². The summed E-state index contributed by atoms with van der Waals surface area (Å²) in [6.07, 6.45) is 5.58. The summed E-state index contributed by atoms with van der Waals surface area (Å²) in [5.74, 6) is 0. The van der Waals surface area contributed by atoms with Gasteiger partial charge in [0.25, 0.3) is 0 Å². The van der Waals surface area contributed by atoms with Crippen molar-refractivity contribution >= 4 is 11.6 Å². The monoisotopic (exact) mass is 159 g/mol. The standard InChI is InChI=1S/C7H10ClNO/c1-2-10-9-5-3-4-7(8)6-9/h3-5H,2,6H2,1H3. The van der Waals surface area contributed by atoms with Crippen molar-refractivity contribution in [2.45, 2.75) is 6.92 Å². The van der Waals surface area contributed by atoms with Gasteiger partial charge in [-0.1, -0.05) is 11.6 Å². The van der Waals surface area contributed by atoms with Crippen LogP contribution in [-0.4, -0.2) is 18.2 Å². The van der Waals surface area contributed by atoms with E-state index in [4.69, 9.17) is 16.4 Å². The molecule has 0 saturated carbocycles. The van der Waals surface area contributed by atoms with Crippen molar-refractivity contribution in [2.75, 3.05) is 13.2 Å². The average Bonchev–Trinajstić information content (AvgIpc) is 1.88. The van der Waals surface area contributed by atoms with Crippen molar-refractivity contribution in [1.82, 2.24) is 5.06 Å². The van der Waals surface area contributed by atoms with E-state index in [-0.39, 0.29) is 0 Å². The van der Waals surface area contributed by atoms with Crippen molar-refractivity contribution < 1.29 is 4.84 Å². The van der Waals surface area contributed by atoms with E-state index in [0.29, 0.717) is 13.2 Å². The van der Waals surface area contributed by atoms with Crippen LogP contribution in [0.25, 0.3) is 0 Å². The Kier molecular flexibility index (Phi) is 2.78. The van der Waals surface area contributed by atoms with Crippen LogP contribution in [0.15, 0.2) is 23.4 Å². The molecule has 0 atom stereocenters. The lowest BCUT2D eigenvalue weighted by Crippen LogP contribution is -2.20. The summed E-state index contributed by atoms with van der Waals surface area (Å²) in [5, 5.41) is 2.51. The molecule has 0 fully saturated rings. The molecule has 3 heteroatoms. The van der Waals surface area contributed by atoms with Crippen LogP contribution in [0.2, 0.25) is 0 Å². The van der Waals surface area contributed by atoms with Gasteiger partial charge >= 0.3 is 0 Å². The van der Waals surface area contributed by atoms with Crippen LogP contribution in [-0.2, 0) is 4.84 Å². The number of hydroxylamine groups is 2. The summed E-state index contributed by atoms with van der Waals surface area (Å²) in [4.78, 5) is 5.17. The molecule has 0 aromatic rings. The van der Waals surface area contributed by atoms with Crippen molar-refractivity contribution in [3.8, 4) is 0 Å². The molecule has 1 aliphatic rings. The smallest absolute Gasteiger partial charge is 0.0805 e. The Hall–Kier alpha value is -0.470. The Morgan fingerprint density at radius 2 is 2.60 bits per heavy atom. The minimum atomic E-state index is 0.659. The molecule has 1 heterocycles. The second kappa shape index (κ2) is 3.64. The van der Waals surface area contributed by atoms with Crippen LogP contribution in [0, 0.1) is 0 Å². The third kappa shape index (κ3) is 2.05. The number of hydrogen-bond donors (Lipinski definition) is 0. The van der Waals surface area contributed by atoms with Gasteiger partial charge in [0.05, 0.1) is 13.2 Å². The summed E-state index contributed by atoms with van der Waals surface area (Å²) in [5.41, 5.74) is 0. The molecule has 56 valence electrons. The second-order valence-electron chi connectivity index (χ2n) is 1.95. The molecule has 0 saturated heterocycles. The lowest BCUT2D eigenvalue weighted by Gasteiger charge is -2.20. The maximum atomic E-state index is 5.74. The molecule has 0 unspecified atom stereocenters. The highest BCUT2D eigenvalue weighted by Crippen LogP contribution is 2.10. The van der Waals surface area contributed by atoms with E-state index >= 15 is 0 Å². The van der Waals surface area contributed by atoms with Crippen LogP contribution < -0.4 is 0 Å². The van der Waals surface area contributed by atoms with Gasteiger partial charge in [-0.2, -0.15) is 0 Å². The lowest BCUT2D eigenvalue weighted by atomic mass is 10.4. The zero-order chi connectivity index (χ0) is 7.40. The van der Waals surface area contributed by atoms with Crippen LogP contribution in [0.5, 0.6) is 0 Å². The molecular weight excluding hydrogens is 150 g/mol. The Labute approximate surface area is 65.7 Å². The van der Waals surface area contributed by atoms with E-state index < -0.39 is 0 Å². The third-order valence-electron chi connectivity index (χ3n) is 1.13. The van der Waals surface area contributed by atoms with Crippen LogP contribution in [0.1, 0.15) is 6.92 Å². The zero-order valence-corrected chi connectivity index (χ0v) is 6.64. The van der Waals surface area contributed by atoms with Gasteiger partial charge in [-0.05, 0) is 19.1 Å². The summed E-state index contributed by atoms with van der Waals surface area (Å²) >= 11 is 5.74. The number of hydrogen-bond acceptors (Lipinski definition) is 2. The molecule has 10 heavy (non-hydrogen) atoms. The van der Waals surface area contributed by atoms with Crippen LogP contribution in [0.3, 0.4) is 0 Å². The molecule has 2 nitrogen and oxygen atoms in total. The molecular formula is C7H10ClNO. The summed E-state index contributed by atoms with van der Waals surface area (Å²) < 4.78 is 0. The maximum Gasteiger partial charge on any atom is 0.0805 e. The van der Waals surface area contributed by atoms with Gasteiger partial charge in [-0.15, -0.1) is 0 Å². The minimum absolute atomic E-state index is 0.659. The van der Waals surface area contributed by atoms with E-state index in [1.54, 1.807) is 5.06 Å². The first-order valence-corrected chi connectivity index (χ1v) is 3.63. The maximum absolute atomic E-state index is 5.74. The molecule has 0 bridgehead atoms.